The molecule has 0 unspecified atom stereocenters. The average molecular weight is 430 g/mol. The van der Waals surface area contributed by atoms with Crippen molar-refractivity contribution in [1.82, 2.24) is 9.55 Å². The summed E-state index contributed by atoms with van der Waals surface area (Å²) < 4.78 is 18.5. The van der Waals surface area contributed by atoms with Crippen LogP contribution in [0, 0.1) is 0 Å². The molecule has 0 atom stereocenters. The van der Waals surface area contributed by atoms with Gasteiger partial charge >= 0.3 is 0 Å². The maximum absolute atomic E-state index is 12.7. The second-order valence-corrected chi connectivity index (χ2v) is 7.33. The Morgan fingerprint density at radius 3 is 2.70 bits per heavy atom. The highest BCUT2D eigenvalue weighted by atomic mass is 32.2. The molecule has 2 aromatic carbocycles. The van der Waals surface area contributed by atoms with Gasteiger partial charge in [0.25, 0.3) is 0 Å². The van der Waals surface area contributed by atoms with Crippen molar-refractivity contribution in [2.75, 3.05) is 38.0 Å². The number of imidazole rings is 1. The summed E-state index contributed by atoms with van der Waals surface area (Å²) in [6.45, 7) is 6.13. The molecule has 30 heavy (non-hydrogen) atoms. The number of carbonyl (C=O) groups is 1. The van der Waals surface area contributed by atoms with Crippen LogP contribution >= 0.6 is 11.8 Å². The molecule has 3 rings (SSSR count). The third-order valence-electron chi connectivity index (χ3n) is 4.31. The van der Waals surface area contributed by atoms with Crippen molar-refractivity contribution in [3.63, 3.8) is 0 Å². The number of thioether (sulfide) groups is 1. The van der Waals surface area contributed by atoms with Crippen LogP contribution < -0.4 is 14.8 Å². The van der Waals surface area contributed by atoms with Crippen LogP contribution in [0.4, 0.5) is 5.69 Å². The number of anilines is 1. The molecule has 3 aromatic rings. The van der Waals surface area contributed by atoms with Crippen molar-refractivity contribution in [3.05, 3.63) is 42.5 Å². The Morgan fingerprint density at radius 2 is 1.93 bits per heavy atom. The second kappa shape index (κ2) is 10.9. The lowest BCUT2D eigenvalue weighted by Gasteiger charge is -2.13. The third-order valence-corrected chi connectivity index (χ3v) is 5.28. The Kier molecular flexibility index (Phi) is 7.98. The highest BCUT2D eigenvalue weighted by molar-refractivity contribution is 7.99. The van der Waals surface area contributed by atoms with Crippen LogP contribution in [0.2, 0.25) is 0 Å². The molecule has 160 valence electrons. The van der Waals surface area contributed by atoms with E-state index in [1.54, 1.807) is 19.2 Å². The quantitative estimate of drug-likeness (QED) is 0.460. The summed E-state index contributed by atoms with van der Waals surface area (Å²) in [7, 11) is 1.67. The summed E-state index contributed by atoms with van der Waals surface area (Å²) in [5.41, 5.74) is 2.53. The lowest BCUT2D eigenvalue weighted by molar-refractivity contribution is -0.113. The number of carbonyl (C=O) groups excluding carboxylic acids is 1. The minimum Gasteiger partial charge on any atom is -0.494 e. The van der Waals surface area contributed by atoms with E-state index in [9.17, 15) is 4.79 Å². The van der Waals surface area contributed by atoms with Gasteiger partial charge in [0.15, 0.2) is 5.16 Å². The smallest absolute Gasteiger partial charge is 0.234 e. The first kappa shape index (κ1) is 22.0. The number of hydrogen-bond donors (Lipinski definition) is 1. The van der Waals surface area contributed by atoms with E-state index in [1.807, 2.05) is 44.2 Å². The number of nitrogens with one attached hydrogen (secondary N) is 1. The van der Waals surface area contributed by atoms with Crippen LogP contribution in [-0.2, 0) is 16.1 Å². The Balaban J connectivity index is 1.72. The maximum atomic E-state index is 12.7. The predicted molar refractivity (Wildman–Crippen MR) is 120 cm³/mol. The number of methoxy groups -OCH3 is 1. The van der Waals surface area contributed by atoms with E-state index in [-0.39, 0.29) is 11.7 Å². The van der Waals surface area contributed by atoms with E-state index < -0.39 is 0 Å². The average Bonchev–Trinajstić information content (AvgIpc) is 3.10. The topological polar surface area (TPSA) is 74.6 Å². The van der Waals surface area contributed by atoms with Crippen LogP contribution in [0.3, 0.4) is 0 Å². The number of aromatic nitrogens is 2. The molecule has 0 saturated heterocycles. The summed E-state index contributed by atoms with van der Waals surface area (Å²) in [6, 6.07) is 13.3. The minimum absolute atomic E-state index is 0.139. The van der Waals surface area contributed by atoms with Gasteiger partial charge < -0.3 is 24.1 Å². The fourth-order valence-corrected chi connectivity index (χ4v) is 3.86. The number of amides is 1. The zero-order valence-electron chi connectivity index (χ0n) is 17.5. The first-order valence-electron chi connectivity index (χ1n) is 9.92. The summed E-state index contributed by atoms with van der Waals surface area (Å²) >= 11 is 1.40. The summed E-state index contributed by atoms with van der Waals surface area (Å²) in [4.78, 5) is 17.3. The van der Waals surface area contributed by atoms with E-state index in [1.165, 1.54) is 11.8 Å². The monoisotopic (exact) mass is 429 g/mol. The molecule has 1 amide bonds. The van der Waals surface area contributed by atoms with Gasteiger partial charge in [-0.15, -0.1) is 0 Å². The Bertz CT molecular complexity index is 990. The van der Waals surface area contributed by atoms with Gasteiger partial charge in [-0.3, -0.25) is 4.79 Å². The normalized spacial score (nSPS) is 10.9. The molecule has 0 saturated carbocycles. The molecule has 0 aliphatic carbocycles. The van der Waals surface area contributed by atoms with Gasteiger partial charge in [0.2, 0.25) is 5.91 Å². The van der Waals surface area contributed by atoms with Gasteiger partial charge in [0, 0.05) is 19.7 Å². The number of ether oxygens (including phenoxy) is 3. The van der Waals surface area contributed by atoms with Crippen molar-refractivity contribution in [3.8, 4) is 11.5 Å². The van der Waals surface area contributed by atoms with Gasteiger partial charge in [0.05, 0.1) is 42.3 Å². The number of hydrogen-bond acceptors (Lipinski definition) is 6. The number of benzene rings is 2. The van der Waals surface area contributed by atoms with Crippen LogP contribution in [-0.4, -0.2) is 48.1 Å². The molecule has 0 spiro atoms. The van der Waals surface area contributed by atoms with Crippen molar-refractivity contribution in [2.45, 2.75) is 25.5 Å². The summed E-state index contributed by atoms with van der Waals surface area (Å²) in [5.74, 6) is 1.39. The van der Waals surface area contributed by atoms with E-state index in [4.69, 9.17) is 14.2 Å². The van der Waals surface area contributed by atoms with Crippen molar-refractivity contribution >= 4 is 34.4 Å². The summed E-state index contributed by atoms with van der Waals surface area (Å²) in [6.07, 6.45) is 0. The summed E-state index contributed by atoms with van der Waals surface area (Å²) in [5, 5.41) is 3.72. The Morgan fingerprint density at radius 1 is 1.13 bits per heavy atom. The SMILES string of the molecule is CCOc1ccc(OCC)c(NC(=O)CSc2nc3ccccc3n2CCOC)c1. The molecule has 0 aliphatic heterocycles. The number of para-hydroxylation sites is 2. The number of rotatable bonds is 11. The van der Waals surface area contributed by atoms with Crippen molar-refractivity contribution in [2.24, 2.45) is 0 Å². The van der Waals surface area contributed by atoms with Gasteiger partial charge in [0.1, 0.15) is 11.5 Å². The fraction of sp³-hybridized carbons (Fsp3) is 0.364. The molecular weight excluding hydrogens is 402 g/mol. The van der Waals surface area contributed by atoms with E-state index in [2.05, 4.69) is 14.9 Å². The second-order valence-electron chi connectivity index (χ2n) is 6.39. The van der Waals surface area contributed by atoms with E-state index in [0.29, 0.717) is 43.6 Å². The molecule has 0 fully saturated rings. The van der Waals surface area contributed by atoms with Gasteiger partial charge in [-0.2, -0.15) is 0 Å². The Labute approximate surface area is 180 Å². The molecular formula is C22H27N3O4S. The van der Waals surface area contributed by atoms with E-state index >= 15 is 0 Å². The zero-order valence-corrected chi connectivity index (χ0v) is 18.3. The first-order valence-corrected chi connectivity index (χ1v) is 10.9. The predicted octanol–water partition coefficient (Wildman–Crippen LogP) is 4.21. The van der Waals surface area contributed by atoms with Crippen LogP contribution in [0.5, 0.6) is 11.5 Å². The first-order chi connectivity index (χ1) is 14.7. The highest BCUT2D eigenvalue weighted by Crippen LogP contribution is 2.30. The largest absolute Gasteiger partial charge is 0.494 e. The van der Waals surface area contributed by atoms with Crippen LogP contribution in [0.25, 0.3) is 11.0 Å². The molecule has 7 nitrogen and oxygen atoms in total. The standard InChI is InChI=1S/C22H27N3O4S/c1-4-28-16-10-11-20(29-5-2)18(14-16)23-21(26)15-30-22-24-17-8-6-7-9-19(17)25(22)12-13-27-3/h6-11,14H,4-5,12-13,15H2,1-3H3,(H,23,26). The molecule has 8 heteroatoms. The molecule has 1 N–H and O–H groups in total. The van der Waals surface area contributed by atoms with Gasteiger partial charge in [-0.25, -0.2) is 4.98 Å². The number of fused-ring (bicyclic) bond motifs is 1. The zero-order chi connectivity index (χ0) is 21.3. The maximum Gasteiger partial charge on any atom is 0.234 e. The van der Waals surface area contributed by atoms with Crippen molar-refractivity contribution in [1.29, 1.82) is 0 Å². The Hall–Kier alpha value is -2.71. The minimum atomic E-state index is -0.139. The van der Waals surface area contributed by atoms with Gasteiger partial charge in [-0.05, 0) is 38.1 Å². The van der Waals surface area contributed by atoms with Crippen LogP contribution in [0.1, 0.15) is 13.8 Å². The fourth-order valence-electron chi connectivity index (χ4n) is 3.02. The number of nitrogens with zero attached hydrogens (tertiary/aromatic N) is 2. The molecule has 0 bridgehead atoms. The van der Waals surface area contributed by atoms with Gasteiger partial charge in [-0.1, -0.05) is 23.9 Å². The lowest BCUT2D eigenvalue weighted by Crippen LogP contribution is -2.16. The van der Waals surface area contributed by atoms with E-state index in [0.717, 1.165) is 16.2 Å². The molecule has 0 aliphatic rings. The molecule has 0 radical (unpaired) electrons. The third kappa shape index (κ3) is 5.46. The molecule has 1 heterocycles. The lowest BCUT2D eigenvalue weighted by atomic mass is 10.2. The van der Waals surface area contributed by atoms with Crippen LogP contribution in [0.15, 0.2) is 47.6 Å². The van der Waals surface area contributed by atoms with Crippen molar-refractivity contribution < 1.29 is 19.0 Å². The molecule has 1 aromatic heterocycles. The highest BCUT2D eigenvalue weighted by Gasteiger charge is 2.14.